The van der Waals surface area contributed by atoms with Gasteiger partial charge in [0.1, 0.15) is 0 Å². The molecule has 110 valence electrons. The highest BCUT2D eigenvalue weighted by molar-refractivity contribution is 7.16. The van der Waals surface area contributed by atoms with Gasteiger partial charge in [0.2, 0.25) is 0 Å². The SMILES string of the molecule is CCCNC(Cc1ccn(C(C)C)n1)c1ccc(Cl)s1. The van der Waals surface area contributed by atoms with Crippen LogP contribution in [0.15, 0.2) is 24.4 Å². The van der Waals surface area contributed by atoms with Gasteiger partial charge in [-0.15, -0.1) is 11.3 Å². The molecule has 0 saturated heterocycles. The molecule has 0 spiro atoms. The van der Waals surface area contributed by atoms with Crippen molar-refractivity contribution < 1.29 is 0 Å². The van der Waals surface area contributed by atoms with Crippen molar-refractivity contribution >= 4 is 22.9 Å². The van der Waals surface area contributed by atoms with Crippen LogP contribution in [-0.4, -0.2) is 16.3 Å². The number of nitrogens with one attached hydrogen (secondary N) is 1. The van der Waals surface area contributed by atoms with Crippen LogP contribution in [0.1, 0.15) is 49.8 Å². The van der Waals surface area contributed by atoms with E-state index in [1.165, 1.54) is 4.88 Å². The summed E-state index contributed by atoms with van der Waals surface area (Å²) in [5, 5.41) is 8.23. The minimum Gasteiger partial charge on any atom is -0.309 e. The lowest BCUT2D eigenvalue weighted by Crippen LogP contribution is -2.23. The molecule has 20 heavy (non-hydrogen) atoms. The second-order valence-corrected chi connectivity index (χ2v) is 6.98. The molecule has 1 atom stereocenters. The molecule has 1 N–H and O–H groups in total. The maximum Gasteiger partial charge on any atom is 0.0931 e. The van der Waals surface area contributed by atoms with E-state index in [1.54, 1.807) is 11.3 Å². The van der Waals surface area contributed by atoms with Gasteiger partial charge >= 0.3 is 0 Å². The van der Waals surface area contributed by atoms with Gasteiger partial charge in [0, 0.05) is 29.6 Å². The third-order valence-electron chi connectivity index (χ3n) is 3.18. The Kier molecular flexibility index (Phi) is 5.64. The molecular weight excluding hydrogens is 290 g/mol. The molecule has 3 nitrogen and oxygen atoms in total. The molecule has 2 aromatic rings. The van der Waals surface area contributed by atoms with Gasteiger partial charge in [-0.05, 0) is 45.0 Å². The van der Waals surface area contributed by atoms with Gasteiger partial charge in [0.25, 0.3) is 0 Å². The van der Waals surface area contributed by atoms with E-state index in [-0.39, 0.29) is 0 Å². The van der Waals surface area contributed by atoms with Crippen LogP contribution in [-0.2, 0) is 6.42 Å². The second kappa shape index (κ2) is 7.25. The van der Waals surface area contributed by atoms with Gasteiger partial charge < -0.3 is 5.32 Å². The Morgan fingerprint density at radius 1 is 1.35 bits per heavy atom. The number of hydrogen-bond acceptors (Lipinski definition) is 3. The molecule has 2 heterocycles. The van der Waals surface area contributed by atoms with Crippen LogP contribution in [0.2, 0.25) is 4.34 Å². The van der Waals surface area contributed by atoms with E-state index < -0.39 is 0 Å². The highest BCUT2D eigenvalue weighted by atomic mass is 35.5. The predicted octanol–water partition coefficient (Wildman–Crippen LogP) is 4.46. The van der Waals surface area contributed by atoms with Crippen molar-refractivity contribution in [3.05, 3.63) is 39.3 Å². The van der Waals surface area contributed by atoms with Gasteiger partial charge in [0.15, 0.2) is 0 Å². The maximum absolute atomic E-state index is 6.06. The fourth-order valence-electron chi connectivity index (χ4n) is 2.09. The standard InChI is InChI=1S/C15H22ClN3S/c1-4-8-17-13(14-5-6-15(16)20-14)10-12-7-9-19(18-12)11(2)3/h5-7,9,11,13,17H,4,8,10H2,1-3H3. The van der Waals surface area contributed by atoms with Crippen molar-refractivity contribution in [3.63, 3.8) is 0 Å². The van der Waals surface area contributed by atoms with Crippen LogP contribution >= 0.6 is 22.9 Å². The predicted molar refractivity (Wildman–Crippen MR) is 86.7 cm³/mol. The number of aromatic nitrogens is 2. The van der Waals surface area contributed by atoms with Gasteiger partial charge in [-0.3, -0.25) is 4.68 Å². The monoisotopic (exact) mass is 311 g/mol. The molecular formula is C15H22ClN3S. The summed E-state index contributed by atoms with van der Waals surface area (Å²) in [6.07, 6.45) is 4.07. The molecule has 0 radical (unpaired) electrons. The first-order valence-electron chi connectivity index (χ1n) is 7.12. The zero-order valence-electron chi connectivity index (χ0n) is 12.3. The van der Waals surface area contributed by atoms with Crippen molar-refractivity contribution in [2.75, 3.05) is 6.54 Å². The summed E-state index contributed by atoms with van der Waals surface area (Å²) in [7, 11) is 0. The topological polar surface area (TPSA) is 29.9 Å². The first kappa shape index (κ1) is 15.5. The summed E-state index contributed by atoms with van der Waals surface area (Å²) in [5.74, 6) is 0. The Labute approximate surface area is 130 Å². The van der Waals surface area contributed by atoms with Crippen LogP contribution in [0.25, 0.3) is 0 Å². The number of halogens is 1. The minimum absolute atomic E-state index is 0.294. The number of hydrogen-bond donors (Lipinski definition) is 1. The fraction of sp³-hybridized carbons (Fsp3) is 0.533. The van der Waals surface area contributed by atoms with E-state index in [9.17, 15) is 0 Å². The zero-order chi connectivity index (χ0) is 14.5. The highest BCUT2D eigenvalue weighted by Crippen LogP contribution is 2.28. The second-order valence-electron chi connectivity index (χ2n) is 5.23. The fourth-order valence-corrected chi connectivity index (χ4v) is 3.23. The molecule has 0 bridgehead atoms. The van der Waals surface area contributed by atoms with Crippen molar-refractivity contribution in [2.24, 2.45) is 0 Å². The Balaban J connectivity index is 2.10. The van der Waals surface area contributed by atoms with Crippen molar-refractivity contribution in [1.29, 1.82) is 0 Å². The number of rotatable bonds is 7. The molecule has 0 aliphatic rings. The molecule has 0 aliphatic carbocycles. The third kappa shape index (κ3) is 4.08. The molecule has 0 saturated carbocycles. The van der Waals surface area contributed by atoms with Crippen LogP contribution in [0, 0.1) is 0 Å². The van der Waals surface area contributed by atoms with E-state index in [0.29, 0.717) is 12.1 Å². The molecule has 2 rings (SSSR count). The van der Waals surface area contributed by atoms with Gasteiger partial charge in [-0.1, -0.05) is 18.5 Å². The molecule has 0 aromatic carbocycles. The van der Waals surface area contributed by atoms with Crippen LogP contribution < -0.4 is 5.32 Å². The van der Waals surface area contributed by atoms with E-state index in [0.717, 1.165) is 29.4 Å². The van der Waals surface area contributed by atoms with Gasteiger partial charge in [0.05, 0.1) is 10.0 Å². The van der Waals surface area contributed by atoms with Crippen molar-refractivity contribution in [1.82, 2.24) is 15.1 Å². The summed E-state index contributed by atoms with van der Waals surface area (Å²) in [5.41, 5.74) is 1.12. The van der Waals surface area contributed by atoms with Gasteiger partial charge in [-0.25, -0.2) is 0 Å². The highest BCUT2D eigenvalue weighted by Gasteiger charge is 2.15. The summed E-state index contributed by atoms with van der Waals surface area (Å²) in [4.78, 5) is 1.28. The molecule has 0 fully saturated rings. The summed E-state index contributed by atoms with van der Waals surface area (Å²) >= 11 is 7.71. The Bertz CT molecular complexity index is 533. The molecule has 2 aromatic heterocycles. The third-order valence-corrected chi connectivity index (χ3v) is 4.53. The summed E-state index contributed by atoms with van der Waals surface area (Å²) < 4.78 is 2.85. The minimum atomic E-state index is 0.294. The van der Waals surface area contributed by atoms with E-state index >= 15 is 0 Å². The summed E-state index contributed by atoms with van der Waals surface area (Å²) in [6, 6.07) is 6.88. The first-order valence-corrected chi connectivity index (χ1v) is 8.32. The lowest BCUT2D eigenvalue weighted by atomic mass is 10.1. The van der Waals surface area contributed by atoms with Crippen LogP contribution in [0.4, 0.5) is 0 Å². The number of nitrogens with zero attached hydrogens (tertiary/aromatic N) is 2. The summed E-state index contributed by atoms with van der Waals surface area (Å²) in [6.45, 7) is 7.47. The average molecular weight is 312 g/mol. The van der Waals surface area contributed by atoms with Gasteiger partial charge in [-0.2, -0.15) is 5.10 Å². The normalized spacial score (nSPS) is 13.1. The van der Waals surface area contributed by atoms with Crippen molar-refractivity contribution in [3.8, 4) is 0 Å². The maximum atomic E-state index is 6.06. The van der Waals surface area contributed by atoms with E-state index in [2.05, 4.69) is 49.5 Å². The smallest absolute Gasteiger partial charge is 0.0931 e. The van der Waals surface area contributed by atoms with Crippen molar-refractivity contribution in [2.45, 2.75) is 45.7 Å². The quantitative estimate of drug-likeness (QED) is 0.818. The van der Waals surface area contributed by atoms with Crippen LogP contribution in [0.3, 0.4) is 0 Å². The van der Waals surface area contributed by atoms with E-state index in [4.69, 9.17) is 11.6 Å². The Morgan fingerprint density at radius 3 is 2.70 bits per heavy atom. The largest absolute Gasteiger partial charge is 0.309 e. The van der Waals surface area contributed by atoms with Crippen LogP contribution in [0.5, 0.6) is 0 Å². The molecule has 0 aliphatic heterocycles. The zero-order valence-corrected chi connectivity index (χ0v) is 13.8. The number of thiophene rings is 1. The van der Waals surface area contributed by atoms with E-state index in [1.807, 2.05) is 10.7 Å². The molecule has 1 unspecified atom stereocenters. The lowest BCUT2D eigenvalue weighted by Gasteiger charge is -2.16. The first-order chi connectivity index (χ1) is 9.60. The Morgan fingerprint density at radius 2 is 2.15 bits per heavy atom. The Hall–Kier alpha value is -0.840. The lowest BCUT2D eigenvalue weighted by molar-refractivity contribution is 0.503. The average Bonchev–Trinajstić information content (AvgIpc) is 3.03. The molecule has 5 heteroatoms. The molecule has 0 amide bonds.